The first kappa shape index (κ1) is 19.7. The fraction of sp³-hybridized carbons (Fsp3) is 0.846. The number of hydrogen-bond donors (Lipinski definition) is 2. The maximum Gasteiger partial charge on any atom is 0.366 e. The zero-order valence-electron chi connectivity index (χ0n) is 13.2. The summed E-state index contributed by atoms with van der Waals surface area (Å²) in [5.74, 6) is -8.83. The molecule has 0 spiro atoms. The predicted octanol–water partition coefficient (Wildman–Crippen LogP) is 0.725. The second-order valence-electron chi connectivity index (χ2n) is 6.09. The lowest BCUT2D eigenvalue weighted by Gasteiger charge is -2.37. The summed E-state index contributed by atoms with van der Waals surface area (Å²) in [5.41, 5.74) is 0.994. The highest BCUT2D eigenvalue weighted by Gasteiger charge is 2.62. The molecule has 0 saturated heterocycles. The molecule has 0 saturated carbocycles. The molecule has 2 atom stereocenters. The number of alkyl halides is 2. The van der Waals surface area contributed by atoms with E-state index in [9.17, 15) is 23.5 Å². The number of nitrogens with zero attached hydrogens (tertiary/aromatic N) is 1. The van der Waals surface area contributed by atoms with Crippen LogP contribution < -0.4 is 5.73 Å². The number of amides is 1. The number of ether oxygens (including phenoxy) is 1. The van der Waals surface area contributed by atoms with Crippen molar-refractivity contribution in [3.05, 3.63) is 0 Å². The summed E-state index contributed by atoms with van der Waals surface area (Å²) in [4.78, 5) is 24.1. The van der Waals surface area contributed by atoms with E-state index in [0.29, 0.717) is 4.90 Å². The van der Waals surface area contributed by atoms with E-state index in [0.717, 1.165) is 14.1 Å². The van der Waals surface area contributed by atoms with Crippen molar-refractivity contribution in [1.29, 1.82) is 0 Å². The second-order valence-corrected chi connectivity index (χ2v) is 6.09. The largest absolute Gasteiger partial charge is 0.460 e. The quantitative estimate of drug-likeness (QED) is 0.577. The third kappa shape index (κ3) is 4.34. The molecule has 1 unspecified atom stereocenters. The predicted molar refractivity (Wildman–Crippen MR) is 72.4 cm³/mol. The fourth-order valence-corrected chi connectivity index (χ4v) is 1.70. The molecule has 0 aromatic heterocycles. The number of aliphatic hydroxyl groups is 1. The van der Waals surface area contributed by atoms with Crippen molar-refractivity contribution in [2.45, 2.75) is 51.4 Å². The number of carbonyl (C=O) groups is 2. The van der Waals surface area contributed by atoms with Gasteiger partial charge < -0.3 is 14.7 Å². The van der Waals surface area contributed by atoms with Gasteiger partial charge in [0.15, 0.2) is 0 Å². The first-order valence-electron chi connectivity index (χ1n) is 6.52. The van der Waals surface area contributed by atoms with Crippen LogP contribution in [0.5, 0.6) is 0 Å². The van der Waals surface area contributed by atoms with E-state index >= 15 is 0 Å². The van der Waals surface area contributed by atoms with Crippen molar-refractivity contribution in [1.82, 2.24) is 4.90 Å². The van der Waals surface area contributed by atoms with E-state index in [1.165, 1.54) is 6.92 Å². The van der Waals surface area contributed by atoms with Crippen LogP contribution >= 0.6 is 0 Å². The first-order chi connectivity index (χ1) is 9.18. The summed E-state index contributed by atoms with van der Waals surface area (Å²) >= 11 is 0. The number of nitrogens with two attached hydrogens (primary N) is 1. The Bertz CT molecular complexity index is 403. The number of halogens is 2. The summed E-state index contributed by atoms with van der Waals surface area (Å²) in [6.45, 7) is 6.05. The van der Waals surface area contributed by atoms with Crippen LogP contribution in [0, 0.1) is 5.92 Å². The van der Waals surface area contributed by atoms with Crippen LogP contribution in [0.4, 0.5) is 8.78 Å². The minimum atomic E-state index is -4.33. The van der Waals surface area contributed by atoms with Gasteiger partial charge in [-0.15, -0.1) is 0 Å². The average Bonchev–Trinajstić information content (AvgIpc) is 2.25. The lowest BCUT2D eigenvalue weighted by molar-refractivity contribution is -0.222. The molecule has 0 aliphatic heterocycles. The summed E-state index contributed by atoms with van der Waals surface area (Å²) in [6.07, 6.45) is -0.210. The standard InChI is InChI=1S/C13H24F2N2O4/c1-7-8(9(18)21-11(2,3)4)13(16,20)12(14,15)10(19)17(5)6/h8,20H,7,16H2,1-6H3/t8?,13-/m0/s1. The highest BCUT2D eigenvalue weighted by molar-refractivity contribution is 5.86. The molecule has 3 N–H and O–H groups in total. The van der Waals surface area contributed by atoms with Crippen molar-refractivity contribution in [3.8, 4) is 0 Å². The molecule has 6 nitrogen and oxygen atoms in total. The molecular formula is C13H24F2N2O4. The average molecular weight is 310 g/mol. The Labute approximate surface area is 123 Å². The van der Waals surface area contributed by atoms with Crippen LogP contribution in [-0.2, 0) is 14.3 Å². The smallest absolute Gasteiger partial charge is 0.366 e. The van der Waals surface area contributed by atoms with Gasteiger partial charge in [0.2, 0.25) is 5.72 Å². The molecule has 0 fully saturated rings. The van der Waals surface area contributed by atoms with Crippen LogP contribution in [0.3, 0.4) is 0 Å². The topological polar surface area (TPSA) is 92.9 Å². The van der Waals surface area contributed by atoms with Crippen molar-refractivity contribution in [2.75, 3.05) is 14.1 Å². The van der Waals surface area contributed by atoms with E-state index in [-0.39, 0.29) is 6.42 Å². The van der Waals surface area contributed by atoms with Gasteiger partial charge in [0.25, 0.3) is 5.91 Å². The molecule has 0 aliphatic rings. The molecule has 8 heteroatoms. The molecule has 21 heavy (non-hydrogen) atoms. The first-order valence-corrected chi connectivity index (χ1v) is 6.52. The van der Waals surface area contributed by atoms with Crippen molar-refractivity contribution in [2.24, 2.45) is 11.7 Å². The van der Waals surface area contributed by atoms with Crippen molar-refractivity contribution >= 4 is 11.9 Å². The van der Waals surface area contributed by atoms with Crippen LogP contribution in [0.2, 0.25) is 0 Å². The van der Waals surface area contributed by atoms with Crippen LogP contribution in [0.1, 0.15) is 34.1 Å². The highest BCUT2D eigenvalue weighted by Crippen LogP contribution is 2.35. The molecule has 0 heterocycles. The van der Waals surface area contributed by atoms with Gasteiger partial charge in [-0.05, 0) is 27.2 Å². The van der Waals surface area contributed by atoms with Gasteiger partial charge in [0, 0.05) is 14.1 Å². The zero-order valence-corrected chi connectivity index (χ0v) is 13.2. The van der Waals surface area contributed by atoms with E-state index in [1.54, 1.807) is 20.8 Å². The molecule has 0 radical (unpaired) electrons. The minimum absolute atomic E-state index is 0.210. The second kappa shape index (κ2) is 6.23. The van der Waals surface area contributed by atoms with Crippen LogP contribution in [-0.4, -0.2) is 53.2 Å². The van der Waals surface area contributed by atoms with Crippen molar-refractivity contribution < 1.29 is 28.2 Å². The Morgan fingerprint density at radius 1 is 1.29 bits per heavy atom. The third-order valence-electron chi connectivity index (χ3n) is 2.81. The van der Waals surface area contributed by atoms with Crippen LogP contribution in [0.25, 0.3) is 0 Å². The number of esters is 1. The number of rotatable bonds is 5. The van der Waals surface area contributed by atoms with Gasteiger partial charge in [0.05, 0.1) is 0 Å². The van der Waals surface area contributed by atoms with E-state index in [4.69, 9.17) is 10.5 Å². The Hall–Kier alpha value is -1.28. The SMILES string of the molecule is CCC(C(=O)OC(C)(C)C)[C@](N)(O)C(F)(F)C(=O)N(C)C. The zero-order chi connectivity index (χ0) is 17.2. The van der Waals surface area contributed by atoms with E-state index in [2.05, 4.69) is 0 Å². The van der Waals surface area contributed by atoms with Gasteiger partial charge in [-0.2, -0.15) is 8.78 Å². The van der Waals surface area contributed by atoms with E-state index < -0.39 is 35.0 Å². The van der Waals surface area contributed by atoms with Gasteiger partial charge in [-0.25, -0.2) is 0 Å². The molecule has 0 rings (SSSR count). The summed E-state index contributed by atoms with van der Waals surface area (Å²) < 4.78 is 33.2. The molecule has 0 aromatic carbocycles. The number of carbonyl (C=O) groups excluding carboxylic acids is 2. The summed E-state index contributed by atoms with van der Waals surface area (Å²) in [7, 11) is 2.20. The number of hydrogen-bond acceptors (Lipinski definition) is 5. The van der Waals surface area contributed by atoms with E-state index in [1.807, 2.05) is 0 Å². The molecule has 124 valence electrons. The normalized spacial score (nSPS) is 16.9. The van der Waals surface area contributed by atoms with Gasteiger partial charge >= 0.3 is 11.9 Å². The maximum absolute atomic E-state index is 14.1. The molecular weight excluding hydrogens is 286 g/mol. The lowest BCUT2D eigenvalue weighted by atomic mass is 9.87. The summed E-state index contributed by atoms with van der Waals surface area (Å²) in [5, 5.41) is 9.97. The van der Waals surface area contributed by atoms with Gasteiger partial charge in [-0.3, -0.25) is 15.3 Å². The minimum Gasteiger partial charge on any atom is -0.460 e. The summed E-state index contributed by atoms with van der Waals surface area (Å²) in [6, 6.07) is 0. The molecule has 0 aromatic rings. The maximum atomic E-state index is 14.1. The Morgan fingerprint density at radius 3 is 2.00 bits per heavy atom. The lowest BCUT2D eigenvalue weighted by Crippen LogP contribution is -2.67. The molecule has 1 amide bonds. The Kier molecular flexibility index (Phi) is 5.85. The monoisotopic (exact) mass is 310 g/mol. The Balaban J connectivity index is 5.52. The molecule has 0 bridgehead atoms. The Morgan fingerprint density at radius 2 is 1.71 bits per heavy atom. The highest BCUT2D eigenvalue weighted by atomic mass is 19.3. The van der Waals surface area contributed by atoms with Gasteiger partial charge in [-0.1, -0.05) is 6.92 Å². The fourth-order valence-electron chi connectivity index (χ4n) is 1.70. The molecule has 0 aliphatic carbocycles. The van der Waals surface area contributed by atoms with Gasteiger partial charge in [0.1, 0.15) is 11.5 Å². The third-order valence-corrected chi connectivity index (χ3v) is 2.81. The van der Waals surface area contributed by atoms with Crippen LogP contribution in [0.15, 0.2) is 0 Å². The van der Waals surface area contributed by atoms with Crippen molar-refractivity contribution in [3.63, 3.8) is 0 Å².